The Bertz CT molecular complexity index is 624. The van der Waals surface area contributed by atoms with Crippen molar-refractivity contribution in [3.05, 3.63) is 47.0 Å². The quantitative estimate of drug-likeness (QED) is 0.635. The van der Waals surface area contributed by atoms with E-state index in [1.165, 1.54) is 30.3 Å². The predicted octanol–water partition coefficient (Wildman–Crippen LogP) is 2.59. The van der Waals surface area contributed by atoms with E-state index in [1.807, 2.05) is 0 Å². The Morgan fingerprint density at radius 1 is 1.16 bits per heavy atom. The van der Waals surface area contributed by atoms with Gasteiger partial charge in [0, 0.05) is 5.69 Å². The van der Waals surface area contributed by atoms with Gasteiger partial charge in [-0.15, -0.1) is 0 Å². The van der Waals surface area contributed by atoms with Crippen LogP contribution in [0.2, 0.25) is 5.02 Å². The van der Waals surface area contributed by atoms with Crippen molar-refractivity contribution >= 4 is 28.9 Å². The van der Waals surface area contributed by atoms with Gasteiger partial charge < -0.3 is 21.3 Å². The number of phenols is 2. The van der Waals surface area contributed by atoms with E-state index in [4.69, 9.17) is 17.3 Å². The third-order valence-corrected chi connectivity index (χ3v) is 2.85. The molecule has 0 aliphatic heterocycles. The summed E-state index contributed by atoms with van der Waals surface area (Å²) in [6.07, 6.45) is 0. The van der Waals surface area contributed by atoms with Gasteiger partial charge in [-0.2, -0.15) is 0 Å². The van der Waals surface area contributed by atoms with Crippen molar-refractivity contribution in [3.63, 3.8) is 0 Å². The molecule has 2 aromatic rings. The first kappa shape index (κ1) is 13.0. The summed E-state index contributed by atoms with van der Waals surface area (Å²) in [6, 6.07) is 8.64. The van der Waals surface area contributed by atoms with Crippen LogP contribution in [-0.4, -0.2) is 16.1 Å². The van der Waals surface area contributed by atoms with Crippen molar-refractivity contribution in [1.82, 2.24) is 0 Å². The molecule has 0 aromatic heterocycles. The number of hydrogen-bond donors (Lipinski definition) is 4. The molecule has 2 aromatic carbocycles. The van der Waals surface area contributed by atoms with Gasteiger partial charge in [0.1, 0.15) is 17.1 Å². The highest BCUT2D eigenvalue weighted by molar-refractivity contribution is 6.33. The second-order valence-electron chi connectivity index (χ2n) is 3.86. The maximum Gasteiger partial charge on any atom is 0.263 e. The van der Waals surface area contributed by atoms with Crippen molar-refractivity contribution in [1.29, 1.82) is 0 Å². The zero-order valence-electron chi connectivity index (χ0n) is 9.72. The summed E-state index contributed by atoms with van der Waals surface area (Å²) in [5.74, 6) is -1.25. The summed E-state index contributed by atoms with van der Waals surface area (Å²) in [5.41, 5.74) is 6.15. The largest absolute Gasteiger partial charge is 0.507 e. The highest BCUT2D eigenvalue weighted by Gasteiger charge is 2.16. The molecule has 0 spiro atoms. The number of aromatic hydroxyl groups is 2. The Morgan fingerprint density at radius 2 is 1.79 bits per heavy atom. The summed E-state index contributed by atoms with van der Waals surface area (Å²) in [7, 11) is 0. The van der Waals surface area contributed by atoms with Crippen LogP contribution in [-0.2, 0) is 0 Å². The average Bonchev–Trinajstić information content (AvgIpc) is 2.33. The number of nitrogens with one attached hydrogen (secondary N) is 1. The fourth-order valence-electron chi connectivity index (χ4n) is 1.58. The SMILES string of the molecule is Nc1cc(NC(=O)c2c(O)cccc2O)ccc1Cl. The first-order chi connectivity index (χ1) is 8.99. The van der Waals surface area contributed by atoms with Crippen molar-refractivity contribution in [2.75, 3.05) is 11.1 Å². The fraction of sp³-hybridized carbons (Fsp3) is 0. The van der Waals surface area contributed by atoms with Gasteiger partial charge in [-0.25, -0.2) is 0 Å². The lowest BCUT2D eigenvalue weighted by molar-refractivity contribution is 0.102. The van der Waals surface area contributed by atoms with Crippen LogP contribution in [0.1, 0.15) is 10.4 Å². The Morgan fingerprint density at radius 3 is 2.37 bits per heavy atom. The van der Waals surface area contributed by atoms with E-state index in [0.717, 1.165) is 0 Å². The summed E-state index contributed by atoms with van der Waals surface area (Å²) < 4.78 is 0. The van der Waals surface area contributed by atoms with Gasteiger partial charge in [0.05, 0.1) is 10.7 Å². The molecular weight excluding hydrogens is 268 g/mol. The molecule has 6 heteroatoms. The molecule has 0 saturated carbocycles. The topological polar surface area (TPSA) is 95.6 Å². The second kappa shape index (κ2) is 5.07. The molecular formula is C13H11ClN2O3. The van der Waals surface area contributed by atoms with Crippen molar-refractivity contribution in [2.45, 2.75) is 0 Å². The molecule has 0 aliphatic carbocycles. The van der Waals surface area contributed by atoms with E-state index < -0.39 is 5.91 Å². The van der Waals surface area contributed by atoms with E-state index in [0.29, 0.717) is 16.4 Å². The standard InChI is InChI=1S/C13H11ClN2O3/c14-8-5-4-7(6-9(8)15)16-13(19)12-10(17)2-1-3-11(12)18/h1-6,17-18H,15H2,(H,16,19). The van der Waals surface area contributed by atoms with Crippen LogP contribution in [0.15, 0.2) is 36.4 Å². The zero-order chi connectivity index (χ0) is 14.0. The normalized spacial score (nSPS) is 10.2. The maximum atomic E-state index is 11.9. The number of hydrogen-bond acceptors (Lipinski definition) is 4. The molecule has 0 aliphatic rings. The number of nitrogens with two attached hydrogens (primary N) is 1. The van der Waals surface area contributed by atoms with Gasteiger partial charge in [-0.3, -0.25) is 4.79 Å². The van der Waals surface area contributed by atoms with Crippen LogP contribution in [0.3, 0.4) is 0 Å². The summed E-state index contributed by atoms with van der Waals surface area (Å²) in [6.45, 7) is 0. The van der Waals surface area contributed by atoms with E-state index in [9.17, 15) is 15.0 Å². The Kier molecular flexibility index (Phi) is 3.48. The minimum Gasteiger partial charge on any atom is -0.507 e. The minimum atomic E-state index is -0.641. The third-order valence-electron chi connectivity index (χ3n) is 2.50. The molecule has 0 bridgehead atoms. The van der Waals surface area contributed by atoms with E-state index in [2.05, 4.69) is 5.32 Å². The zero-order valence-corrected chi connectivity index (χ0v) is 10.5. The maximum absolute atomic E-state index is 11.9. The number of phenolic OH excluding ortho intramolecular Hbond substituents is 2. The van der Waals surface area contributed by atoms with Crippen molar-refractivity contribution < 1.29 is 15.0 Å². The monoisotopic (exact) mass is 278 g/mol. The molecule has 0 radical (unpaired) electrons. The first-order valence-corrected chi connectivity index (χ1v) is 5.74. The van der Waals surface area contributed by atoms with Gasteiger partial charge in [0.25, 0.3) is 5.91 Å². The fourth-order valence-corrected chi connectivity index (χ4v) is 1.69. The number of carbonyl (C=O) groups excluding carboxylic acids is 1. The summed E-state index contributed by atoms with van der Waals surface area (Å²) in [5, 5.41) is 22.0. The molecule has 5 nitrogen and oxygen atoms in total. The molecule has 0 fully saturated rings. The third kappa shape index (κ3) is 2.71. The predicted molar refractivity (Wildman–Crippen MR) is 73.6 cm³/mol. The average molecular weight is 279 g/mol. The second-order valence-corrected chi connectivity index (χ2v) is 4.27. The number of carbonyl (C=O) groups is 1. The Hall–Kier alpha value is -2.40. The van der Waals surface area contributed by atoms with Crippen LogP contribution in [0.4, 0.5) is 11.4 Å². The highest BCUT2D eigenvalue weighted by atomic mass is 35.5. The number of benzene rings is 2. The number of halogens is 1. The van der Waals surface area contributed by atoms with E-state index >= 15 is 0 Å². The summed E-state index contributed by atoms with van der Waals surface area (Å²) in [4.78, 5) is 11.9. The molecule has 0 saturated heterocycles. The van der Waals surface area contributed by atoms with E-state index in [-0.39, 0.29) is 17.1 Å². The number of nitrogen functional groups attached to an aromatic ring is 1. The van der Waals surface area contributed by atoms with Gasteiger partial charge in [0.15, 0.2) is 0 Å². The molecule has 0 heterocycles. The smallest absolute Gasteiger partial charge is 0.263 e. The minimum absolute atomic E-state index is 0.198. The number of amides is 1. The van der Waals surface area contributed by atoms with Gasteiger partial charge in [0.2, 0.25) is 0 Å². The molecule has 0 unspecified atom stereocenters. The molecule has 2 rings (SSSR count). The molecule has 1 amide bonds. The first-order valence-electron chi connectivity index (χ1n) is 5.36. The van der Waals surface area contributed by atoms with Crippen LogP contribution in [0.25, 0.3) is 0 Å². The van der Waals surface area contributed by atoms with Crippen LogP contribution >= 0.6 is 11.6 Å². The Labute approximate surface area is 114 Å². The van der Waals surface area contributed by atoms with Gasteiger partial charge in [-0.05, 0) is 30.3 Å². The van der Waals surface area contributed by atoms with Crippen molar-refractivity contribution in [3.8, 4) is 11.5 Å². The lowest BCUT2D eigenvalue weighted by Gasteiger charge is -2.09. The molecule has 98 valence electrons. The van der Waals surface area contributed by atoms with E-state index in [1.54, 1.807) is 6.07 Å². The van der Waals surface area contributed by atoms with Crippen LogP contribution in [0.5, 0.6) is 11.5 Å². The molecule has 19 heavy (non-hydrogen) atoms. The molecule has 5 N–H and O–H groups in total. The number of anilines is 2. The van der Waals surface area contributed by atoms with Crippen molar-refractivity contribution in [2.24, 2.45) is 0 Å². The summed E-state index contributed by atoms with van der Waals surface area (Å²) >= 11 is 5.77. The highest BCUT2D eigenvalue weighted by Crippen LogP contribution is 2.28. The van der Waals surface area contributed by atoms with Gasteiger partial charge in [-0.1, -0.05) is 17.7 Å². The Balaban J connectivity index is 2.28. The lowest BCUT2D eigenvalue weighted by atomic mass is 10.1. The molecule has 0 atom stereocenters. The van der Waals surface area contributed by atoms with Crippen LogP contribution in [0, 0.1) is 0 Å². The lowest BCUT2D eigenvalue weighted by Crippen LogP contribution is -2.12. The van der Waals surface area contributed by atoms with Gasteiger partial charge >= 0.3 is 0 Å². The van der Waals surface area contributed by atoms with Crippen LogP contribution < -0.4 is 11.1 Å². The number of rotatable bonds is 2.